The van der Waals surface area contributed by atoms with Gasteiger partial charge in [-0.3, -0.25) is 19.2 Å². The number of carbonyl (C=O) groups excluding carboxylic acids is 4. The van der Waals surface area contributed by atoms with Crippen molar-refractivity contribution in [3.8, 4) is 0 Å². The first-order chi connectivity index (χ1) is 19.0. The van der Waals surface area contributed by atoms with Gasteiger partial charge in [-0.25, -0.2) is 0 Å². The Kier molecular flexibility index (Phi) is 10.6. The fourth-order valence-corrected chi connectivity index (χ4v) is 8.13. The summed E-state index contributed by atoms with van der Waals surface area (Å²) in [5, 5.41) is 2.08. The fourth-order valence-electron chi connectivity index (χ4n) is 5.88. The molecule has 7 nitrogen and oxygen atoms in total. The van der Waals surface area contributed by atoms with Crippen LogP contribution in [0.25, 0.3) is 10.8 Å². The van der Waals surface area contributed by atoms with Gasteiger partial charge in [0.25, 0.3) is 0 Å². The van der Waals surface area contributed by atoms with E-state index >= 15 is 0 Å². The molecule has 8 heteroatoms. The van der Waals surface area contributed by atoms with Gasteiger partial charge < -0.3 is 14.2 Å². The second-order valence-electron chi connectivity index (χ2n) is 13.9. The Labute approximate surface area is 245 Å². The van der Waals surface area contributed by atoms with Crippen LogP contribution in [-0.4, -0.2) is 37.6 Å². The predicted octanol–water partition coefficient (Wildman–Crippen LogP) is 6.94. The van der Waals surface area contributed by atoms with Gasteiger partial charge in [0.1, 0.15) is 12.2 Å². The van der Waals surface area contributed by atoms with Crippen molar-refractivity contribution >= 4 is 42.7 Å². The normalized spacial score (nSPS) is 19.9. The van der Waals surface area contributed by atoms with Crippen molar-refractivity contribution in [1.29, 1.82) is 0 Å². The highest BCUT2D eigenvalue weighted by atomic mass is 28.3. The van der Waals surface area contributed by atoms with Crippen molar-refractivity contribution in [3.05, 3.63) is 48.0 Å². The standard InChI is InChI=1S/C33H46O7Si/c1-21(20-41(6,7)8)16-27-28(32(37)39-31(27)36)18-25(30(35)40-33(3,4)5)17-22(2)29(34)38-19-24-14-11-13-23-12-9-10-15-26(23)24/h9-15,21-22,25,27-28H,16-20H2,1-8H3. The molecule has 1 fully saturated rings. The van der Waals surface area contributed by atoms with Crippen molar-refractivity contribution in [3.63, 3.8) is 0 Å². The van der Waals surface area contributed by atoms with Crippen LogP contribution in [0.15, 0.2) is 42.5 Å². The lowest BCUT2D eigenvalue weighted by Crippen LogP contribution is -2.34. The molecule has 1 aliphatic rings. The van der Waals surface area contributed by atoms with E-state index in [9.17, 15) is 19.2 Å². The molecule has 0 N–H and O–H groups in total. The van der Waals surface area contributed by atoms with Crippen LogP contribution in [0.4, 0.5) is 0 Å². The molecule has 0 bridgehead atoms. The van der Waals surface area contributed by atoms with Crippen LogP contribution in [0.3, 0.4) is 0 Å². The molecule has 5 atom stereocenters. The van der Waals surface area contributed by atoms with Crippen molar-refractivity contribution < 1.29 is 33.4 Å². The van der Waals surface area contributed by atoms with Crippen LogP contribution in [0.2, 0.25) is 25.7 Å². The molecule has 2 aromatic carbocycles. The van der Waals surface area contributed by atoms with E-state index in [0.29, 0.717) is 6.42 Å². The van der Waals surface area contributed by atoms with E-state index in [2.05, 4.69) is 26.6 Å². The first-order valence-corrected chi connectivity index (χ1v) is 18.4. The number of esters is 4. The molecular weight excluding hydrogens is 536 g/mol. The molecular formula is C33H46O7Si. The molecule has 0 amide bonds. The maximum absolute atomic E-state index is 13.3. The van der Waals surface area contributed by atoms with E-state index in [1.54, 1.807) is 27.7 Å². The average molecular weight is 583 g/mol. The van der Waals surface area contributed by atoms with Crippen molar-refractivity contribution in [1.82, 2.24) is 0 Å². The predicted molar refractivity (Wildman–Crippen MR) is 161 cm³/mol. The smallest absolute Gasteiger partial charge is 0.317 e. The van der Waals surface area contributed by atoms with Gasteiger partial charge in [0.2, 0.25) is 0 Å². The van der Waals surface area contributed by atoms with Gasteiger partial charge in [0, 0.05) is 8.07 Å². The maximum atomic E-state index is 13.3. The van der Waals surface area contributed by atoms with Gasteiger partial charge in [-0.15, -0.1) is 0 Å². The third-order valence-corrected chi connectivity index (χ3v) is 9.40. The summed E-state index contributed by atoms with van der Waals surface area (Å²) in [6.07, 6.45) is 0.756. The van der Waals surface area contributed by atoms with E-state index in [1.165, 1.54) is 0 Å². The zero-order valence-electron chi connectivity index (χ0n) is 25.8. The molecule has 2 aromatic rings. The van der Waals surface area contributed by atoms with Gasteiger partial charge in [-0.2, -0.15) is 0 Å². The van der Waals surface area contributed by atoms with Crippen molar-refractivity contribution in [2.24, 2.45) is 29.6 Å². The zero-order valence-corrected chi connectivity index (χ0v) is 26.8. The van der Waals surface area contributed by atoms with Crippen LogP contribution in [-0.2, 0) is 40.0 Å². The summed E-state index contributed by atoms with van der Waals surface area (Å²) < 4.78 is 16.4. The largest absolute Gasteiger partial charge is 0.461 e. The van der Waals surface area contributed by atoms with Gasteiger partial charge in [-0.05, 0) is 62.3 Å². The average Bonchev–Trinajstić information content (AvgIpc) is 3.11. The molecule has 0 aromatic heterocycles. The lowest BCUT2D eigenvalue weighted by molar-refractivity contribution is -0.162. The van der Waals surface area contributed by atoms with Crippen molar-refractivity contribution in [2.45, 2.75) is 91.8 Å². The molecule has 5 unspecified atom stereocenters. The van der Waals surface area contributed by atoms with E-state index in [0.717, 1.165) is 22.4 Å². The molecule has 0 aliphatic carbocycles. The summed E-state index contributed by atoms with van der Waals surface area (Å²) in [6, 6.07) is 14.8. The molecule has 1 heterocycles. The molecule has 3 rings (SSSR count). The Morgan fingerprint density at radius 3 is 2.15 bits per heavy atom. The summed E-state index contributed by atoms with van der Waals surface area (Å²) in [5.41, 5.74) is 0.153. The van der Waals surface area contributed by atoms with Crippen LogP contribution in [0.5, 0.6) is 0 Å². The monoisotopic (exact) mass is 582 g/mol. The lowest BCUT2D eigenvalue weighted by Gasteiger charge is -2.28. The quantitative estimate of drug-likeness (QED) is 0.116. The number of hydrogen-bond acceptors (Lipinski definition) is 7. The number of benzene rings is 2. The molecule has 0 saturated carbocycles. The number of fused-ring (bicyclic) bond motifs is 1. The van der Waals surface area contributed by atoms with Crippen molar-refractivity contribution in [2.75, 3.05) is 0 Å². The highest BCUT2D eigenvalue weighted by molar-refractivity contribution is 6.76. The summed E-state index contributed by atoms with van der Waals surface area (Å²) in [4.78, 5) is 51.9. The minimum Gasteiger partial charge on any atom is -0.461 e. The summed E-state index contributed by atoms with van der Waals surface area (Å²) in [7, 11) is -1.37. The van der Waals surface area contributed by atoms with Gasteiger partial charge in [0.05, 0.1) is 23.7 Å². The molecule has 0 spiro atoms. The lowest BCUT2D eigenvalue weighted by atomic mass is 9.79. The van der Waals surface area contributed by atoms with Gasteiger partial charge >= 0.3 is 23.9 Å². The SMILES string of the molecule is CC(CC1C(=O)OC(=O)C1CC(CC(C)C(=O)OCc1cccc2ccccc12)C(=O)OC(C)(C)C)C[Si](C)(C)C. The first kappa shape index (κ1) is 32.5. The number of ether oxygens (including phenoxy) is 3. The fraction of sp³-hybridized carbons (Fsp3) is 0.576. The Hall–Kier alpha value is -3.00. The Bertz CT molecular complexity index is 1250. The van der Waals surface area contributed by atoms with E-state index in [-0.39, 0.29) is 25.4 Å². The Morgan fingerprint density at radius 1 is 0.902 bits per heavy atom. The molecule has 1 aliphatic heterocycles. The van der Waals surface area contributed by atoms with Crippen LogP contribution in [0, 0.1) is 29.6 Å². The Morgan fingerprint density at radius 2 is 1.51 bits per heavy atom. The highest BCUT2D eigenvalue weighted by Crippen LogP contribution is 2.38. The van der Waals surface area contributed by atoms with Crippen LogP contribution >= 0.6 is 0 Å². The van der Waals surface area contributed by atoms with Crippen LogP contribution in [0.1, 0.15) is 59.4 Å². The minimum atomic E-state index is -1.37. The topological polar surface area (TPSA) is 96.0 Å². The maximum Gasteiger partial charge on any atom is 0.317 e. The Balaban J connectivity index is 1.73. The summed E-state index contributed by atoms with van der Waals surface area (Å²) in [5.74, 6) is -4.55. The van der Waals surface area contributed by atoms with E-state index in [1.807, 2.05) is 42.5 Å². The van der Waals surface area contributed by atoms with E-state index in [4.69, 9.17) is 14.2 Å². The second-order valence-corrected chi connectivity index (χ2v) is 19.4. The molecule has 0 radical (unpaired) electrons. The molecule has 41 heavy (non-hydrogen) atoms. The second kappa shape index (κ2) is 13.3. The first-order valence-electron chi connectivity index (χ1n) is 14.7. The number of hydrogen-bond donors (Lipinski definition) is 0. The van der Waals surface area contributed by atoms with Crippen LogP contribution < -0.4 is 0 Å². The summed E-state index contributed by atoms with van der Waals surface area (Å²) >= 11 is 0. The summed E-state index contributed by atoms with van der Waals surface area (Å²) in [6.45, 7) is 16.1. The third-order valence-electron chi connectivity index (χ3n) is 7.48. The number of carbonyl (C=O) groups is 4. The number of cyclic esters (lactones) is 2. The molecule has 1 saturated heterocycles. The molecule has 224 valence electrons. The number of rotatable bonds is 12. The minimum absolute atomic E-state index is 0.0881. The highest BCUT2D eigenvalue weighted by Gasteiger charge is 2.47. The zero-order chi connectivity index (χ0) is 30.5. The van der Waals surface area contributed by atoms with E-state index < -0.39 is 61.2 Å². The van der Waals surface area contributed by atoms with Gasteiger partial charge in [-0.1, -0.05) is 82.0 Å². The third kappa shape index (κ3) is 9.52. The van der Waals surface area contributed by atoms with Gasteiger partial charge in [0.15, 0.2) is 0 Å².